The van der Waals surface area contributed by atoms with Crippen LogP contribution in [0.4, 0.5) is 19.0 Å². The highest BCUT2D eigenvalue weighted by Crippen LogP contribution is 2.38. The van der Waals surface area contributed by atoms with Gasteiger partial charge in [-0.05, 0) is 37.3 Å². The molecule has 2 aliphatic rings. The van der Waals surface area contributed by atoms with Gasteiger partial charge in [0.05, 0.1) is 11.3 Å². The number of hydrogen-bond donors (Lipinski definition) is 1. The van der Waals surface area contributed by atoms with Crippen LogP contribution < -0.4 is 5.32 Å². The van der Waals surface area contributed by atoms with Crippen LogP contribution in [0.5, 0.6) is 0 Å². The first kappa shape index (κ1) is 21.7. The Balaban J connectivity index is 1.55. The molecule has 0 aliphatic carbocycles. The molecule has 31 heavy (non-hydrogen) atoms. The summed E-state index contributed by atoms with van der Waals surface area (Å²) in [5.74, 6) is -0.276. The van der Waals surface area contributed by atoms with Crippen LogP contribution in [-0.4, -0.2) is 46.1 Å². The number of aromatic nitrogens is 2. The molecule has 0 spiro atoms. The molecule has 1 N–H and O–H groups in total. The van der Waals surface area contributed by atoms with Crippen LogP contribution in [-0.2, 0) is 5.41 Å². The van der Waals surface area contributed by atoms with E-state index in [0.29, 0.717) is 18.9 Å². The maximum Gasteiger partial charge on any atom is 0.260 e. The summed E-state index contributed by atoms with van der Waals surface area (Å²) in [5, 5.41) is 7.87. The summed E-state index contributed by atoms with van der Waals surface area (Å²) in [6, 6.07) is 6.60. The number of likely N-dealkylation sites (tertiary alicyclic amines) is 1. The number of anilines is 1. The van der Waals surface area contributed by atoms with Gasteiger partial charge in [0.1, 0.15) is 17.7 Å². The average molecular weight is 435 g/mol. The van der Waals surface area contributed by atoms with Crippen molar-refractivity contribution in [3.63, 3.8) is 0 Å². The van der Waals surface area contributed by atoms with Crippen molar-refractivity contribution in [2.75, 3.05) is 18.4 Å². The fourth-order valence-corrected chi connectivity index (χ4v) is 4.58. The highest BCUT2D eigenvalue weighted by Gasteiger charge is 2.39. The monoisotopic (exact) mass is 434 g/mol. The van der Waals surface area contributed by atoms with Crippen LogP contribution in [0.15, 0.2) is 30.3 Å². The lowest BCUT2D eigenvalue weighted by molar-refractivity contribution is 0.0502. The predicted molar refractivity (Wildman–Crippen MR) is 113 cm³/mol. The van der Waals surface area contributed by atoms with Gasteiger partial charge >= 0.3 is 0 Å². The SMILES string of the molecule is CC(C)(C)c1cc2n(n1)[C@@H](C(F)F)C[C@@H]([C@H]1CCCN(C(=O)c3ccccc3F)C1)N2. The van der Waals surface area contributed by atoms with E-state index in [-0.39, 0.29) is 35.3 Å². The number of amides is 1. The van der Waals surface area contributed by atoms with E-state index in [1.165, 1.54) is 16.8 Å². The molecule has 4 rings (SSSR count). The lowest BCUT2D eigenvalue weighted by Gasteiger charge is -2.41. The van der Waals surface area contributed by atoms with Crippen LogP contribution in [0.2, 0.25) is 0 Å². The Morgan fingerprint density at radius 1 is 1.26 bits per heavy atom. The Morgan fingerprint density at radius 2 is 2.00 bits per heavy atom. The zero-order valence-electron chi connectivity index (χ0n) is 18.1. The molecule has 1 aromatic heterocycles. The summed E-state index contributed by atoms with van der Waals surface area (Å²) >= 11 is 0. The van der Waals surface area contributed by atoms with Crippen LogP contribution in [0, 0.1) is 11.7 Å². The largest absolute Gasteiger partial charge is 0.367 e. The van der Waals surface area contributed by atoms with Gasteiger partial charge in [0, 0.05) is 30.6 Å². The molecule has 8 heteroatoms. The van der Waals surface area contributed by atoms with E-state index in [9.17, 15) is 18.0 Å². The van der Waals surface area contributed by atoms with Crippen molar-refractivity contribution in [2.45, 2.75) is 64.0 Å². The van der Waals surface area contributed by atoms with Gasteiger partial charge in [0.25, 0.3) is 12.3 Å². The summed E-state index contributed by atoms with van der Waals surface area (Å²) in [6.07, 6.45) is -0.706. The topological polar surface area (TPSA) is 50.2 Å². The summed E-state index contributed by atoms with van der Waals surface area (Å²) in [7, 11) is 0. The quantitative estimate of drug-likeness (QED) is 0.751. The van der Waals surface area contributed by atoms with Gasteiger partial charge in [-0.1, -0.05) is 32.9 Å². The van der Waals surface area contributed by atoms with Crippen molar-refractivity contribution in [3.05, 3.63) is 47.4 Å². The Bertz CT molecular complexity index is 953. The van der Waals surface area contributed by atoms with E-state index < -0.39 is 18.3 Å². The lowest BCUT2D eigenvalue weighted by atomic mass is 9.85. The predicted octanol–water partition coefficient (Wildman–Crippen LogP) is 4.86. The minimum Gasteiger partial charge on any atom is -0.367 e. The molecule has 0 radical (unpaired) electrons. The van der Waals surface area contributed by atoms with E-state index in [0.717, 1.165) is 18.5 Å². The van der Waals surface area contributed by atoms with Crippen molar-refractivity contribution in [1.82, 2.24) is 14.7 Å². The van der Waals surface area contributed by atoms with Crippen LogP contribution in [0.25, 0.3) is 0 Å². The van der Waals surface area contributed by atoms with Crippen molar-refractivity contribution in [1.29, 1.82) is 0 Å². The molecule has 0 unspecified atom stereocenters. The van der Waals surface area contributed by atoms with E-state index in [4.69, 9.17) is 0 Å². The molecule has 0 bridgehead atoms. The van der Waals surface area contributed by atoms with Gasteiger partial charge in [-0.25, -0.2) is 17.9 Å². The number of carbonyl (C=O) groups is 1. The van der Waals surface area contributed by atoms with Gasteiger partial charge in [-0.15, -0.1) is 0 Å². The third kappa shape index (κ3) is 4.29. The summed E-state index contributed by atoms with van der Waals surface area (Å²) < 4.78 is 43.4. The first-order valence-electron chi connectivity index (χ1n) is 10.8. The number of alkyl halides is 2. The van der Waals surface area contributed by atoms with Gasteiger partial charge in [0.15, 0.2) is 0 Å². The number of fused-ring (bicyclic) bond motifs is 1. The maximum atomic E-state index is 14.1. The first-order valence-corrected chi connectivity index (χ1v) is 10.8. The zero-order valence-corrected chi connectivity index (χ0v) is 18.1. The average Bonchev–Trinajstić information content (AvgIpc) is 3.17. The van der Waals surface area contributed by atoms with Gasteiger partial charge in [-0.2, -0.15) is 5.10 Å². The van der Waals surface area contributed by atoms with Crippen LogP contribution in [0.1, 0.15) is 62.1 Å². The fraction of sp³-hybridized carbons (Fsp3) is 0.565. The molecule has 0 saturated carbocycles. The van der Waals surface area contributed by atoms with Crippen LogP contribution >= 0.6 is 0 Å². The molecule has 1 aromatic carbocycles. The second-order valence-electron chi connectivity index (χ2n) is 9.63. The van der Waals surface area contributed by atoms with E-state index in [1.807, 2.05) is 26.8 Å². The Kier molecular flexibility index (Phi) is 5.75. The summed E-state index contributed by atoms with van der Waals surface area (Å²) in [4.78, 5) is 14.5. The van der Waals surface area contributed by atoms with E-state index in [1.54, 1.807) is 17.0 Å². The third-order valence-corrected chi connectivity index (χ3v) is 6.36. The molecule has 168 valence electrons. The summed E-state index contributed by atoms with van der Waals surface area (Å²) in [6.45, 7) is 6.97. The molecular formula is C23H29F3N4O. The normalized spacial score (nSPS) is 24.1. The molecule has 2 aliphatic heterocycles. The van der Waals surface area contributed by atoms with Crippen LogP contribution in [0.3, 0.4) is 0 Å². The number of nitrogens with zero attached hydrogens (tertiary/aromatic N) is 3. The Morgan fingerprint density at radius 3 is 2.68 bits per heavy atom. The number of hydrogen-bond acceptors (Lipinski definition) is 3. The number of piperidine rings is 1. The molecule has 1 amide bonds. The molecule has 3 heterocycles. The molecular weight excluding hydrogens is 405 g/mol. The van der Waals surface area contributed by atoms with Crippen molar-refractivity contribution >= 4 is 11.7 Å². The Hall–Kier alpha value is -2.51. The van der Waals surface area contributed by atoms with E-state index in [2.05, 4.69) is 10.4 Å². The minimum atomic E-state index is -2.53. The minimum absolute atomic E-state index is 0.00691. The Labute approximate surface area is 180 Å². The number of halogens is 3. The van der Waals surface area contributed by atoms with Gasteiger partial charge in [0.2, 0.25) is 0 Å². The van der Waals surface area contributed by atoms with Crippen molar-refractivity contribution < 1.29 is 18.0 Å². The van der Waals surface area contributed by atoms with E-state index >= 15 is 0 Å². The highest BCUT2D eigenvalue weighted by molar-refractivity contribution is 5.94. The second-order valence-corrected chi connectivity index (χ2v) is 9.63. The molecule has 2 aromatic rings. The number of rotatable bonds is 3. The summed E-state index contributed by atoms with van der Waals surface area (Å²) in [5.41, 5.74) is 0.571. The van der Waals surface area contributed by atoms with Gasteiger partial charge < -0.3 is 10.2 Å². The highest BCUT2D eigenvalue weighted by atomic mass is 19.3. The fourth-order valence-electron chi connectivity index (χ4n) is 4.58. The number of carbonyl (C=O) groups excluding carboxylic acids is 1. The zero-order chi connectivity index (χ0) is 22.3. The second kappa shape index (κ2) is 8.20. The number of benzene rings is 1. The smallest absolute Gasteiger partial charge is 0.260 e. The molecule has 3 atom stereocenters. The first-order chi connectivity index (χ1) is 14.6. The van der Waals surface area contributed by atoms with Crippen molar-refractivity contribution in [2.24, 2.45) is 5.92 Å². The number of nitrogens with one attached hydrogen (secondary N) is 1. The molecule has 1 fully saturated rings. The van der Waals surface area contributed by atoms with Crippen molar-refractivity contribution in [3.8, 4) is 0 Å². The van der Waals surface area contributed by atoms with Gasteiger partial charge in [-0.3, -0.25) is 4.79 Å². The maximum absolute atomic E-state index is 14.1. The molecule has 1 saturated heterocycles. The lowest BCUT2D eigenvalue weighted by Crippen LogP contribution is -2.48. The molecule has 5 nitrogen and oxygen atoms in total. The third-order valence-electron chi connectivity index (χ3n) is 6.36. The standard InChI is InChI=1S/C23H29F3N4O/c1-23(2,3)19-12-20-27-17(11-18(21(25)26)30(20)28-19)14-7-6-10-29(13-14)22(31)15-8-4-5-9-16(15)24/h4-5,8-9,12,14,17-18,21,27H,6-7,10-11,13H2,1-3H3/t14-,17-,18+/m0/s1.